The van der Waals surface area contributed by atoms with Crippen LogP contribution in [0, 0.1) is 0 Å². The van der Waals surface area contributed by atoms with Crippen LogP contribution in [0.15, 0.2) is 60.8 Å². The highest BCUT2D eigenvalue weighted by atomic mass is 19.4. The maximum atomic E-state index is 12.8. The SMILES string of the molecule is O=C(c1ccc(C(F)(F)F)cn1)N1CCC(c2ccc(-c3ccccc3C3CC3)cc2CO)C1. The number of halogens is 3. The number of likely N-dealkylation sites (tertiary alicyclic amines) is 1. The Morgan fingerprint density at radius 1 is 1.00 bits per heavy atom. The number of amides is 1. The first-order valence-corrected chi connectivity index (χ1v) is 11.5. The third-order valence-corrected chi connectivity index (χ3v) is 6.83. The van der Waals surface area contributed by atoms with Gasteiger partial charge in [-0.3, -0.25) is 9.78 Å². The van der Waals surface area contributed by atoms with Crippen LogP contribution in [0.5, 0.6) is 0 Å². The summed E-state index contributed by atoms with van der Waals surface area (Å²) in [4.78, 5) is 18.2. The molecule has 1 atom stereocenters. The van der Waals surface area contributed by atoms with E-state index >= 15 is 0 Å². The van der Waals surface area contributed by atoms with E-state index in [2.05, 4.69) is 29.2 Å². The second-order valence-electron chi connectivity index (χ2n) is 9.10. The molecule has 1 saturated heterocycles. The Hall–Kier alpha value is -3.19. The van der Waals surface area contributed by atoms with Gasteiger partial charge < -0.3 is 10.0 Å². The number of pyridine rings is 1. The van der Waals surface area contributed by atoms with E-state index in [1.807, 2.05) is 18.2 Å². The minimum absolute atomic E-state index is 0.00284. The molecule has 1 aliphatic heterocycles. The lowest BCUT2D eigenvalue weighted by molar-refractivity contribution is -0.137. The van der Waals surface area contributed by atoms with E-state index in [0.29, 0.717) is 25.2 Å². The first-order chi connectivity index (χ1) is 16.3. The molecule has 3 aromatic rings. The van der Waals surface area contributed by atoms with Crippen molar-refractivity contribution in [1.82, 2.24) is 9.88 Å². The smallest absolute Gasteiger partial charge is 0.392 e. The first kappa shape index (κ1) is 22.6. The molecule has 2 fully saturated rings. The third-order valence-electron chi connectivity index (χ3n) is 6.83. The lowest BCUT2D eigenvalue weighted by Crippen LogP contribution is -2.29. The van der Waals surface area contributed by atoms with Crippen molar-refractivity contribution < 1.29 is 23.1 Å². The second-order valence-corrected chi connectivity index (χ2v) is 9.10. The van der Waals surface area contributed by atoms with Gasteiger partial charge in [0, 0.05) is 25.2 Å². The van der Waals surface area contributed by atoms with Gasteiger partial charge in [0.1, 0.15) is 5.69 Å². The number of carbonyl (C=O) groups is 1. The van der Waals surface area contributed by atoms with Gasteiger partial charge in [0.15, 0.2) is 0 Å². The predicted molar refractivity (Wildman–Crippen MR) is 122 cm³/mol. The number of aromatic nitrogens is 1. The molecule has 0 bridgehead atoms. The highest BCUT2D eigenvalue weighted by Gasteiger charge is 2.33. The molecule has 1 unspecified atom stereocenters. The molecule has 1 aromatic heterocycles. The van der Waals surface area contributed by atoms with Crippen LogP contribution in [-0.4, -0.2) is 34.0 Å². The molecule has 1 saturated carbocycles. The molecule has 2 heterocycles. The predicted octanol–water partition coefficient (Wildman–Crippen LogP) is 5.77. The molecular weight excluding hydrogens is 441 g/mol. The number of rotatable bonds is 5. The fraction of sp³-hybridized carbons (Fsp3) is 0.333. The lowest BCUT2D eigenvalue weighted by Gasteiger charge is -2.19. The van der Waals surface area contributed by atoms with Gasteiger partial charge in [-0.15, -0.1) is 0 Å². The van der Waals surface area contributed by atoms with Crippen LogP contribution in [0.1, 0.15) is 63.8 Å². The van der Waals surface area contributed by atoms with Crippen molar-refractivity contribution in [3.8, 4) is 11.1 Å². The van der Waals surface area contributed by atoms with Crippen molar-refractivity contribution in [3.63, 3.8) is 0 Å². The van der Waals surface area contributed by atoms with Crippen LogP contribution in [0.3, 0.4) is 0 Å². The summed E-state index contributed by atoms with van der Waals surface area (Å²) in [6.45, 7) is 0.829. The van der Waals surface area contributed by atoms with Gasteiger partial charge in [0.2, 0.25) is 0 Å². The molecule has 2 aliphatic rings. The van der Waals surface area contributed by atoms with Crippen LogP contribution in [0.4, 0.5) is 13.2 Å². The average molecular weight is 467 g/mol. The van der Waals surface area contributed by atoms with E-state index in [-0.39, 0.29) is 24.1 Å². The summed E-state index contributed by atoms with van der Waals surface area (Å²) in [6, 6.07) is 16.6. The van der Waals surface area contributed by atoms with Crippen molar-refractivity contribution in [1.29, 1.82) is 0 Å². The Kier molecular flexibility index (Phi) is 5.90. The second kappa shape index (κ2) is 8.87. The number of aliphatic hydroxyl groups is 1. The number of carbonyl (C=O) groups excluding carboxylic acids is 1. The van der Waals surface area contributed by atoms with Gasteiger partial charge in [-0.25, -0.2) is 0 Å². The summed E-state index contributed by atoms with van der Waals surface area (Å²) in [7, 11) is 0. The summed E-state index contributed by atoms with van der Waals surface area (Å²) in [5, 5.41) is 10.1. The van der Waals surface area contributed by atoms with Crippen molar-refractivity contribution in [2.24, 2.45) is 0 Å². The van der Waals surface area contributed by atoms with Crippen LogP contribution < -0.4 is 0 Å². The van der Waals surface area contributed by atoms with Gasteiger partial charge in [0.25, 0.3) is 5.91 Å². The molecule has 176 valence electrons. The molecule has 4 nitrogen and oxygen atoms in total. The van der Waals surface area contributed by atoms with E-state index in [1.54, 1.807) is 4.90 Å². The largest absolute Gasteiger partial charge is 0.417 e. The van der Waals surface area contributed by atoms with E-state index in [9.17, 15) is 23.1 Å². The molecule has 1 amide bonds. The summed E-state index contributed by atoms with van der Waals surface area (Å²) in [5.74, 6) is 0.284. The van der Waals surface area contributed by atoms with Gasteiger partial charge in [-0.2, -0.15) is 13.2 Å². The number of alkyl halides is 3. The van der Waals surface area contributed by atoms with E-state index in [1.165, 1.54) is 24.0 Å². The van der Waals surface area contributed by atoms with Crippen LogP contribution >= 0.6 is 0 Å². The number of benzene rings is 2. The summed E-state index contributed by atoms with van der Waals surface area (Å²) in [5.41, 5.74) is 4.60. The monoisotopic (exact) mass is 466 g/mol. The summed E-state index contributed by atoms with van der Waals surface area (Å²) >= 11 is 0. The Balaban J connectivity index is 1.34. The first-order valence-electron chi connectivity index (χ1n) is 11.5. The van der Waals surface area contributed by atoms with Gasteiger partial charge in [-0.05, 0) is 71.2 Å². The van der Waals surface area contributed by atoms with Crippen molar-refractivity contribution in [2.75, 3.05) is 13.1 Å². The topological polar surface area (TPSA) is 53.4 Å². The molecule has 1 N–H and O–H groups in total. The van der Waals surface area contributed by atoms with Crippen molar-refractivity contribution >= 4 is 5.91 Å². The zero-order valence-corrected chi connectivity index (χ0v) is 18.6. The van der Waals surface area contributed by atoms with Gasteiger partial charge in [-0.1, -0.05) is 36.4 Å². The zero-order chi connectivity index (χ0) is 23.9. The molecule has 34 heavy (non-hydrogen) atoms. The fourth-order valence-electron chi connectivity index (χ4n) is 4.87. The maximum absolute atomic E-state index is 12.8. The number of hydrogen-bond acceptors (Lipinski definition) is 3. The Bertz CT molecular complexity index is 1200. The third kappa shape index (κ3) is 4.44. The van der Waals surface area contributed by atoms with Crippen LogP contribution in [0.2, 0.25) is 0 Å². The van der Waals surface area contributed by atoms with Crippen molar-refractivity contribution in [3.05, 3.63) is 88.7 Å². The lowest BCUT2D eigenvalue weighted by atomic mass is 9.89. The van der Waals surface area contributed by atoms with E-state index in [4.69, 9.17) is 0 Å². The standard InChI is InChI=1S/C27H25F3N2O2/c28-27(29,30)21-8-10-25(31-14-21)26(34)32-12-11-19(15-32)22-9-7-18(13-20(22)16-33)24-4-2-1-3-23(24)17-5-6-17/h1-4,7-10,13-14,17,19,33H,5-6,11-12,15-16H2. The molecule has 1 aliphatic carbocycles. The van der Waals surface area contributed by atoms with Crippen LogP contribution in [0.25, 0.3) is 11.1 Å². The number of aliphatic hydroxyl groups excluding tert-OH is 1. The fourth-order valence-corrected chi connectivity index (χ4v) is 4.87. The molecule has 0 spiro atoms. The molecule has 7 heteroatoms. The van der Waals surface area contributed by atoms with Crippen LogP contribution in [-0.2, 0) is 12.8 Å². The average Bonchev–Trinajstić information content (AvgIpc) is 3.59. The quantitative estimate of drug-likeness (QED) is 0.520. The summed E-state index contributed by atoms with van der Waals surface area (Å²) < 4.78 is 38.3. The minimum atomic E-state index is -4.49. The Morgan fingerprint density at radius 3 is 2.47 bits per heavy atom. The highest BCUT2D eigenvalue weighted by Crippen LogP contribution is 2.45. The minimum Gasteiger partial charge on any atom is -0.392 e. The maximum Gasteiger partial charge on any atom is 0.417 e. The van der Waals surface area contributed by atoms with Crippen molar-refractivity contribution in [2.45, 2.75) is 43.9 Å². The van der Waals surface area contributed by atoms with E-state index in [0.717, 1.165) is 35.2 Å². The Morgan fingerprint density at radius 2 is 1.79 bits per heavy atom. The highest BCUT2D eigenvalue weighted by molar-refractivity contribution is 5.92. The zero-order valence-electron chi connectivity index (χ0n) is 18.6. The molecule has 2 aromatic carbocycles. The normalized spacial score (nSPS) is 18.4. The molecule has 5 rings (SSSR count). The summed E-state index contributed by atoms with van der Waals surface area (Å²) in [6.07, 6.45) is -0.650. The molecular formula is C27H25F3N2O2. The number of nitrogens with zero attached hydrogens (tertiary/aromatic N) is 2. The molecule has 0 radical (unpaired) electrons. The van der Waals surface area contributed by atoms with E-state index < -0.39 is 11.7 Å². The van der Waals surface area contributed by atoms with Gasteiger partial charge in [0.05, 0.1) is 12.2 Å². The number of hydrogen-bond donors (Lipinski definition) is 1. The van der Waals surface area contributed by atoms with Gasteiger partial charge >= 0.3 is 6.18 Å². The Labute approximate surface area is 196 Å².